The molecular formula is C17H21BrOS. The molecule has 1 saturated heterocycles. The van der Waals surface area contributed by atoms with Gasteiger partial charge in [0.05, 0.1) is 6.10 Å². The first-order valence-electron chi connectivity index (χ1n) is 7.81. The fourth-order valence-electron chi connectivity index (χ4n) is 4.71. The molecule has 1 aromatic carbocycles. The standard InChI is InChI=1S/C17H21BrOS/c18-12-6-4-10(5-7-12)17(19)11-8-14-13-2-1-3-15(13)20-16(14)9-11/h4-7,11,13-17,19H,1-3,8-9H2. The average Bonchev–Trinajstić information content (AvgIpc) is 3.09. The Labute approximate surface area is 133 Å². The minimum Gasteiger partial charge on any atom is -0.388 e. The van der Waals surface area contributed by atoms with Crippen molar-refractivity contribution in [2.24, 2.45) is 17.8 Å². The van der Waals surface area contributed by atoms with Gasteiger partial charge in [-0.25, -0.2) is 0 Å². The van der Waals surface area contributed by atoms with Gasteiger partial charge in [-0.3, -0.25) is 0 Å². The third kappa shape index (κ3) is 2.26. The van der Waals surface area contributed by atoms with Crippen molar-refractivity contribution in [3.05, 3.63) is 34.3 Å². The summed E-state index contributed by atoms with van der Waals surface area (Å²) in [6.45, 7) is 0. The van der Waals surface area contributed by atoms with Crippen LogP contribution < -0.4 is 0 Å². The molecule has 3 heteroatoms. The maximum absolute atomic E-state index is 10.7. The third-order valence-electron chi connectivity index (χ3n) is 5.65. The van der Waals surface area contributed by atoms with Gasteiger partial charge < -0.3 is 5.11 Å². The highest BCUT2D eigenvalue weighted by Crippen LogP contribution is 2.59. The lowest BCUT2D eigenvalue weighted by Crippen LogP contribution is -2.15. The summed E-state index contributed by atoms with van der Waals surface area (Å²) in [5.74, 6) is 2.33. The predicted molar refractivity (Wildman–Crippen MR) is 87.8 cm³/mol. The molecule has 2 saturated carbocycles. The second kappa shape index (κ2) is 5.33. The van der Waals surface area contributed by atoms with Crippen LogP contribution in [0.4, 0.5) is 0 Å². The van der Waals surface area contributed by atoms with E-state index in [-0.39, 0.29) is 6.10 Å². The molecule has 0 spiro atoms. The summed E-state index contributed by atoms with van der Waals surface area (Å²) in [5.41, 5.74) is 1.09. The molecule has 108 valence electrons. The van der Waals surface area contributed by atoms with Crippen molar-refractivity contribution >= 4 is 27.7 Å². The number of hydrogen-bond donors (Lipinski definition) is 1. The SMILES string of the molecule is OC(c1ccc(Br)cc1)C1CC2SC3CCCC3C2C1. The minimum atomic E-state index is -0.269. The molecule has 6 unspecified atom stereocenters. The van der Waals surface area contributed by atoms with E-state index < -0.39 is 0 Å². The third-order valence-corrected chi connectivity index (χ3v) is 8.00. The first-order chi connectivity index (χ1) is 9.72. The van der Waals surface area contributed by atoms with E-state index in [4.69, 9.17) is 0 Å². The molecule has 1 N–H and O–H groups in total. The molecule has 2 aliphatic carbocycles. The topological polar surface area (TPSA) is 20.2 Å². The van der Waals surface area contributed by atoms with Gasteiger partial charge in [-0.15, -0.1) is 0 Å². The molecule has 6 atom stereocenters. The Balaban J connectivity index is 1.47. The van der Waals surface area contributed by atoms with Crippen LogP contribution in [-0.2, 0) is 0 Å². The second-order valence-corrected chi connectivity index (χ2v) is 9.10. The van der Waals surface area contributed by atoms with E-state index in [1.165, 1.54) is 32.1 Å². The molecule has 3 fully saturated rings. The molecule has 1 nitrogen and oxygen atoms in total. The maximum atomic E-state index is 10.7. The van der Waals surface area contributed by atoms with E-state index in [1.807, 2.05) is 12.1 Å². The highest BCUT2D eigenvalue weighted by molar-refractivity contribution is 9.10. The molecule has 0 aromatic heterocycles. The van der Waals surface area contributed by atoms with Crippen molar-refractivity contribution < 1.29 is 5.11 Å². The molecule has 1 heterocycles. The minimum absolute atomic E-state index is 0.269. The van der Waals surface area contributed by atoms with Gasteiger partial charge in [0, 0.05) is 15.0 Å². The number of halogens is 1. The van der Waals surface area contributed by atoms with E-state index in [2.05, 4.69) is 39.8 Å². The summed E-state index contributed by atoms with van der Waals surface area (Å²) in [4.78, 5) is 0. The normalized spacial score (nSPS) is 40.6. The average molecular weight is 353 g/mol. The Morgan fingerprint density at radius 3 is 2.65 bits per heavy atom. The van der Waals surface area contributed by atoms with Crippen LogP contribution in [0.3, 0.4) is 0 Å². The fourth-order valence-corrected chi connectivity index (χ4v) is 7.13. The summed E-state index contributed by atoms with van der Waals surface area (Å²) in [7, 11) is 0. The van der Waals surface area contributed by atoms with Crippen LogP contribution in [0.2, 0.25) is 0 Å². The summed E-state index contributed by atoms with van der Waals surface area (Å²) >= 11 is 5.72. The molecule has 0 radical (unpaired) electrons. The van der Waals surface area contributed by atoms with Crippen LogP contribution in [0.15, 0.2) is 28.7 Å². The van der Waals surface area contributed by atoms with E-state index in [0.717, 1.165) is 32.4 Å². The lowest BCUT2D eigenvalue weighted by atomic mass is 9.87. The highest BCUT2D eigenvalue weighted by atomic mass is 79.9. The van der Waals surface area contributed by atoms with Gasteiger partial charge in [0.1, 0.15) is 0 Å². The zero-order valence-corrected chi connectivity index (χ0v) is 13.9. The number of benzene rings is 1. The molecule has 0 bridgehead atoms. The first kappa shape index (κ1) is 13.7. The van der Waals surface area contributed by atoms with Gasteiger partial charge in [0.25, 0.3) is 0 Å². The van der Waals surface area contributed by atoms with Crippen molar-refractivity contribution in [1.29, 1.82) is 0 Å². The van der Waals surface area contributed by atoms with E-state index in [9.17, 15) is 5.11 Å². The molecule has 1 aromatic rings. The highest BCUT2D eigenvalue weighted by Gasteiger charge is 2.51. The van der Waals surface area contributed by atoms with Crippen molar-refractivity contribution in [3.8, 4) is 0 Å². The Bertz CT molecular complexity index is 488. The van der Waals surface area contributed by atoms with Crippen LogP contribution >= 0.6 is 27.7 Å². The number of aliphatic hydroxyl groups excluding tert-OH is 1. The van der Waals surface area contributed by atoms with Crippen LogP contribution in [0.25, 0.3) is 0 Å². The van der Waals surface area contributed by atoms with Gasteiger partial charge >= 0.3 is 0 Å². The predicted octanol–water partition coefficient (Wildman–Crippen LogP) is 4.79. The number of fused-ring (bicyclic) bond motifs is 3. The van der Waals surface area contributed by atoms with Crippen LogP contribution in [0.1, 0.15) is 43.8 Å². The Hall–Kier alpha value is 0.01000. The quantitative estimate of drug-likeness (QED) is 0.825. The maximum Gasteiger partial charge on any atom is 0.0818 e. The number of aliphatic hydroxyl groups is 1. The van der Waals surface area contributed by atoms with Gasteiger partial charge in [-0.05, 0) is 61.1 Å². The van der Waals surface area contributed by atoms with Crippen molar-refractivity contribution in [3.63, 3.8) is 0 Å². The number of rotatable bonds is 2. The molecular weight excluding hydrogens is 332 g/mol. The zero-order chi connectivity index (χ0) is 13.7. The zero-order valence-electron chi connectivity index (χ0n) is 11.5. The molecule has 4 rings (SSSR count). The van der Waals surface area contributed by atoms with E-state index >= 15 is 0 Å². The van der Waals surface area contributed by atoms with Gasteiger partial charge in [-0.1, -0.05) is 34.5 Å². The van der Waals surface area contributed by atoms with Gasteiger partial charge in [-0.2, -0.15) is 11.8 Å². The molecule has 0 amide bonds. The van der Waals surface area contributed by atoms with Crippen molar-refractivity contribution in [2.45, 2.75) is 48.7 Å². The van der Waals surface area contributed by atoms with Crippen LogP contribution in [-0.4, -0.2) is 15.6 Å². The molecule has 3 aliphatic rings. The van der Waals surface area contributed by atoms with E-state index in [1.54, 1.807) is 0 Å². The summed E-state index contributed by atoms with van der Waals surface area (Å²) in [6, 6.07) is 8.20. The molecule has 1 aliphatic heterocycles. The monoisotopic (exact) mass is 352 g/mol. The fraction of sp³-hybridized carbons (Fsp3) is 0.647. The first-order valence-corrected chi connectivity index (χ1v) is 9.55. The van der Waals surface area contributed by atoms with Crippen LogP contribution in [0.5, 0.6) is 0 Å². The van der Waals surface area contributed by atoms with Gasteiger partial charge in [0.15, 0.2) is 0 Å². The Kier molecular flexibility index (Phi) is 3.64. The summed E-state index contributed by atoms with van der Waals surface area (Å²) in [5, 5.41) is 12.5. The summed E-state index contributed by atoms with van der Waals surface area (Å²) < 4.78 is 1.08. The van der Waals surface area contributed by atoms with Gasteiger partial charge in [0.2, 0.25) is 0 Å². The lowest BCUT2D eigenvalue weighted by Gasteiger charge is -2.21. The Morgan fingerprint density at radius 2 is 1.85 bits per heavy atom. The lowest BCUT2D eigenvalue weighted by molar-refractivity contribution is 0.107. The smallest absolute Gasteiger partial charge is 0.0818 e. The van der Waals surface area contributed by atoms with Crippen LogP contribution in [0, 0.1) is 17.8 Å². The number of thioether (sulfide) groups is 1. The summed E-state index contributed by atoms with van der Waals surface area (Å²) in [6.07, 6.45) is 6.53. The van der Waals surface area contributed by atoms with E-state index in [0.29, 0.717) is 5.92 Å². The van der Waals surface area contributed by atoms with Crippen molar-refractivity contribution in [2.75, 3.05) is 0 Å². The largest absolute Gasteiger partial charge is 0.388 e. The van der Waals surface area contributed by atoms with Crippen molar-refractivity contribution in [1.82, 2.24) is 0 Å². The Morgan fingerprint density at radius 1 is 1.05 bits per heavy atom. The molecule has 20 heavy (non-hydrogen) atoms. The second-order valence-electron chi connectivity index (χ2n) is 6.70. The number of hydrogen-bond acceptors (Lipinski definition) is 2.